The lowest BCUT2D eigenvalue weighted by molar-refractivity contribution is 0.0984. The van der Waals surface area contributed by atoms with E-state index in [1.807, 2.05) is 48.5 Å². The molecule has 0 fully saturated rings. The van der Waals surface area contributed by atoms with Crippen molar-refractivity contribution in [2.45, 2.75) is 6.42 Å². The molecular weight excluding hydrogens is 366 g/mol. The van der Waals surface area contributed by atoms with E-state index in [9.17, 15) is 4.79 Å². The maximum absolute atomic E-state index is 12.8. The molecule has 0 aliphatic carbocycles. The molecule has 0 bridgehead atoms. The van der Waals surface area contributed by atoms with Crippen molar-refractivity contribution in [3.05, 3.63) is 78.1 Å². The fraction of sp³-hybridized carbons (Fsp3) is 0.217. The van der Waals surface area contributed by atoms with E-state index in [0.717, 1.165) is 29.3 Å². The molecule has 6 nitrogen and oxygen atoms in total. The minimum absolute atomic E-state index is 0.0654. The van der Waals surface area contributed by atoms with Crippen LogP contribution in [0.2, 0.25) is 0 Å². The number of ether oxygens (including phenoxy) is 2. The normalized spacial score (nSPS) is 12.4. The second kappa shape index (κ2) is 8.65. The van der Waals surface area contributed by atoms with Crippen LogP contribution < -0.4 is 19.7 Å². The van der Waals surface area contributed by atoms with Gasteiger partial charge in [-0.15, -0.1) is 0 Å². The summed E-state index contributed by atoms with van der Waals surface area (Å²) < 4.78 is 10.8. The van der Waals surface area contributed by atoms with E-state index in [1.165, 1.54) is 5.56 Å². The van der Waals surface area contributed by atoms with Crippen molar-refractivity contribution in [3.8, 4) is 11.5 Å². The molecule has 0 saturated carbocycles. The summed E-state index contributed by atoms with van der Waals surface area (Å²) in [7, 11) is 1.64. The number of methoxy groups -OCH3 is 1. The maximum atomic E-state index is 12.8. The van der Waals surface area contributed by atoms with Gasteiger partial charge in [-0.2, -0.15) is 0 Å². The van der Waals surface area contributed by atoms with Gasteiger partial charge < -0.3 is 19.7 Å². The average Bonchev–Trinajstić information content (AvgIpc) is 3.21. The molecule has 1 aromatic heterocycles. The van der Waals surface area contributed by atoms with Crippen molar-refractivity contribution in [1.82, 2.24) is 4.98 Å². The predicted octanol–water partition coefficient (Wildman–Crippen LogP) is 3.78. The number of benzene rings is 2. The molecule has 1 N–H and O–H groups in total. The summed E-state index contributed by atoms with van der Waals surface area (Å²) in [4.78, 5) is 18.9. The molecule has 1 amide bonds. The third-order valence-electron chi connectivity index (χ3n) is 4.87. The van der Waals surface area contributed by atoms with E-state index < -0.39 is 0 Å². The summed E-state index contributed by atoms with van der Waals surface area (Å²) in [5, 5.41) is 3.25. The van der Waals surface area contributed by atoms with E-state index >= 15 is 0 Å². The van der Waals surface area contributed by atoms with E-state index in [0.29, 0.717) is 25.4 Å². The number of pyridine rings is 1. The van der Waals surface area contributed by atoms with Gasteiger partial charge >= 0.3 is 0 Å². The molecule has 148 valence electrons. The average molecular weight is 389 g/mol. The number of hydrogen-bond donors (Lipinski definition) is 1. The molecule has 29 heavy (non-hydrogen) atoms. The lowest BCUT2D eigenvalue weighted by atomic mass is 10.2. The second-order valence-corrected chi connectivity index (χ2v) is 6.72. The standard InChI is InChI=1S/C23H23N3O3/c1-28-19-7-9-20(10-8-19)29-15-13-24-18-6-11-21(25-16-18)23(27)26-14-12-17-4-2-3-5-22(17)26/h2-11,16,24H,12-15H2,1H3. The topological polar surface area (TPSA) is 63.7 Å². The number of aromatic nitrogens is 1. The van der Waals surface area contributed by atoms with Crippen LogP contribution in [0.3, 0.4) is 0 Å². The maximum Gasteiger partial charge on any atom is 0.276 e. The third-order valence-corrected chi connectivity index (χ3v) is 4.87. The molecule has 3 aromatic rings. The van der Waals surface area contributed by atoms with Crippen LogP contribution in [0, 0.1) is 0 Å². The molecule has 0 atom stereocenters. The van der Waals surface area contributed by atoms with Gasteiger partial charge in [0, 0.05) is 18.8 Å². The highest BCUT2D eigenvalue weighted by atomic mass is 16.5. The molecule has 0 saturated heterocycles. The van der Waals surface area contributed by atoms with Crippen LogP contribution in [-0.4, -0.2) is 37.7 Å². The van der Waals surface area contributed by atoms with Crippen molar-refractivity contribution in [3.63, 3.8) is 0 Å². The lowest BCUT2D eigenvalue weighted by Crippen LogP contribution is -2.29. The van der Waals surface area contributed by atoms with E-state index in [-0.39, 0.29) is 5.91 Å². The van der Waals surface area contributed by atoms with Gasteiger partial charge in [0.15, 0.2) is 0 Å². The van der Waals surface area contributed by atoms with Gasteiger partial charge in [-0.3, -0.25) is 4.79 Å². The Morgan fingerprint density at radius 1 is 1.07 bits per heavy atom. The van der Waals surface area contributed by atoms with Gasteiger partial charge in [0.1, 0.15) is 23.8 Å². The van der Waals surface area contributed by atoms with E-state index in [4.69, 9.17) is 9.47 Å². The lowest BCUT2D eigenvalue weighted by Gasteiger charge is -2.17. The van der Waals surface area contributed by atoms with Crippen LogP contribution in [-0.2, 0) is 6.42 Å². The molecule has 2 aromatic carbocycles. The highest BCUT2D eigenvalue weighted by Gasteiger charge is 2.25. The number of hydrogen-bond acceptors (Lipinski definition) is 5. The van der Waals surface area contributed by atoms with Crippen LogP contribution in [0.1, 0.15) is 16.1 Å². The molecule has 0 radical (unpaired) electrons. The Morgan fingerprint density at radius 2 is 1.86 bits per heavy atom. The molecule has 1 aliphatic rings. The second-order valence-electron chi connectivity index (χ2n) is 6.72. The first kappa shape index (κ1) is 18.8. The quantitative estimate of drug-likeness (QED) is 0.623. The number of carbonyl (C=O) groups is 1. The summed E-state index contributed by atoms with van der Waals surface area (Å²) in [5.41, 5.74) is 3.48. The van der Waals surface area contributed by atoms with Gasteiger partial charge in [0.25, 0.3) is 5.91 Å². The smallest absolute Gasteiger partial charge is 0.276 e. The zero-order valence-electron chi connectivity index (χ0n) is 16.3. The summed E-state index contributed by atoms with van der Waals surface area (Å²) in [6, 6.07) is 19.1. The minimum atomic E-state index is -0.0654. The Bertz CT molecular complexity index is 971. The van der Waals surface area contributed by atoms with Gasteiger partial charge in [-0.25, -0.2) is 4.98 Å². The van der Waals surface area contributed by atoms with Crippen molar-refractivity contribution in [2.75, 3.05) is 37.0 Å². The Balaban J connectivity index is 1.28. The number of anilines is 2. The zero-order chi connectivity index (χ0) is 20.1. The first-order chi connectivity index (χ1) is 14.2. The molecule has 0 spiro atoms. The van der Waals surface area contributed by atoms with Crippen molar-refractivity contribution >= 4 is 17.3 Å². The van der Waals surface area contributed by atoms with Crippen molar-refractivity contribution in [2.24, 2.45) is 0 Å². The number of amides is 1. The summed E-state index contributed by atoms with van der Waals surface area (Å²) in [5.74, 6) is 1.52. The van der Waals surface area contributed by atoms with Crippen LogP contribution in [0.15, 0.2) is 66.9 Å². The van der Waals surface area contributed by atoms with Crippen LogP contribution >= 0.6 is 0 Å². The largest absolute Gasteiger partial charge is 0.497 e. The number of nitrogens with zero attached hydrogens (tertiary/aromatic N) is 2. The number of nitrogens with one attached hydrogen (secondary N) is 1. The highest BCUT2D eigenvalue weighted by Crippen LogP contribution is 2.28. The first-order valence-electron chi connectivity index (χ1n) is 9.61. The number of carbonyl (C=O) groups excluding carboxylic acids is 1. The van der Waals surface area contributed by atoms with Crippen LogP contribution in [0.25, 0.3) is 0 Å². The third kappa shape index (κ3) is 4.32. The molecule has 4 rings (SSSR count). The van der Waals surface area contributed by atoms with Crippen LogP contribution in [0.4, 0.5) is 11.4 Å². The Hall–Kier alpha value is -3.54. The summed E-state index contributed by atoms with van der Waals surface area (Å²) in [6.45, 7) is 1.83. The molecule has 0 unspecified atom stereocenters. The minimum Gasteiger partial charge on any atom is -0.497 e. The molecule has 1 aliphatic heterocycles. The Morgan fingerprint density at radius 3 is 2.62 bits per heavy atom. The fourth-order valence-corrected chi connectivity index (χ4v) is 3.35. The highest BCUT2D eigenvalue weighted by molar-refractivity contribution is 6.06. The first-order valence-corrected chi connectivity index (χ1v) is 9.61. The number of para-hydroxylation sites is 1. The monoisotopic (exact) mass is 389 g/mol. The molecular formula is C23H23N3O3. The summed E-state index contributed by atoms with van der Waals surface area (Å²) >= 11 is 0. The van der Waals surface area contributed by atoms with E-state index in [2.05, 4.69) is 16.4 Å². The SMILES string of the molecule is COc1ccc(OCCNc2ccc(C(=O)N3CCc4ccccc43)nc2)cc1. The van der Waals surface area contributed by atoms with Crippen LogP contribution in [0.5, 0.6) is 11.5 Å². The molecule has 2 heterocycles. The fourth-order valence-electron chi connectivity index (χ4n) is 3.35. The predicted molar refractivity (Wildman–Crippen MR) is 113 cm³/mol. The van der Waals surface area contributed by atoms with Crippen molar-refractivity contribution in [1.29, 1.82) is 0 Å². The van der Waals surface area contributed by atoms with Gasteiger partial charge in [0.05, 0.1) is 19.0 Å². The molecule has 6 heteroatoms. The van der Waals surface area contributed by atoms with E-state index in [1.54, 1.807) is 24.3 Å². The summed E-state index contributed by atoms with van der Waals surface area (Å²) in [6.07, 6.45) is 2.57. The van der Waals surface area contributed by atoms with Gasteiger partial charge in [0.2, 0.25) is 0 Å². The Labute approximate surface area is 170 Å². The van der Waals surface area contributed by atoms with Gasteiger partial charge in [-0.1, -0.05) is 18.2 Å². The van der Waals surface area contributed by atoms with Gasteiger partial charge in [-0.05, 0) is 54.4 Å². The Kier molecular flexibility index (Phi) is 5.61. The number of fused-ring (bicyclic) bond motifs is 1. The zero-order valence-corrected chi connectivity index (χ0v) is 16.3. The number of rotatable bonds is 7. The van der Waals surface area contributed by atoms with Crippen molar-refractivity contribution < 1.29 is 14.3 Å².